The van der Waals surface area contributed by atoms with Gasteiger partial charge in [0.15, 0.2) is 0 Å². The average Bonchev–Trinajstić information content (AvgIpc) is 3.11. The largest absolute Gasteiger partial charge is 0.460 e. The van der Waals surface area contributed by atoms with Crippen molar-refractivity contribution >= 4 is 11.8 Å². The van der Waals surface area contributed by atoms with Gasteiger partial charge in [-0.25, -0.2) is 4.39 Å². The summed E-state index contributed by atoms with van der Waals surface area (Å²) >= 11 is 2.04. The Hall–Kier alpha value is -1.26. The fourth-order valence-corrected chi connectivity index (χ4v) is 3.67. The second-order valence-electron chi connectivity index (χ2n) is 5.13. The van der Waals surface area contributed by atoms with Crippen LogP contribution < -0.4 is 5.32 Å². The molecule has 2 nitrogen and oxygen atoms in total. The van der Waals surface area contributed by atoms with Crippen molar-refractivity contribution in [2.75, 3.05) is 18.1 Å². The van der Waals surface area contributed by atoms with Crippen molar-refractivity contribution < 1.29 is 8.81 Å². The molecular formula is C16H18FNOS. The predicted octanol–water partition coefficient (Wildman–Crippen LogP) is 3.93. The zero-order valence-electron chi connectivity index (χ0n) is 11.3. The highest BCUT2D eigenvalue weighted by Gasteiger charge is 2.14. The van der Waals surface area contributed by atoms with Gasteiger partial charge in [0.2, 0.25) is 0 Å². The molecular weight excluding hydrogens is 273 g/mol. The molecule has 0 aliphatic carbocycles. The van der Waals surface area contributed by atoms with E-state index < -0.39 is 0 Å². The Morgan fingerprint density at radius 1 is 1.20 bits per heavy atom. The lowest BCUT2D eigenvalue weighted by Crippen LogP contribution is -2.21. The molecule has 0 saturated carbocycles. The molecule has 0 spiro atoms. The molecule has 1 atom stereocenters. The van der Waals surface area contributed by atoms with Crippen LogP contribution in [0.4, 0.5) is 4.39 Å². The lowest BCUT2D eigenvalue weighted by atomic mass is 10.1. The van der Waals surface area contributed by atoms with E-state index in [0.717, 1.165) is 36.1 Å². The van der Waals surface area contributed by atoms with Crippen LogP contribution in [0.25, 0.3) is 11.3 Å². The summed E-state index contributed by atoms with van der Waals surface area (Å²) in [6.07, 6.45) is 1.32. The van der Waals surface area contributed by atoms with Crippen LogP contribution in [0.2, 0.25) is 0 Å². The van der Waals surface area contributed by atoms with E-state index >= 15 is 0 Å². The van der Waals surface area contributed by atoms with Crippen molar-refractivity contribution in [2.45, 2.75) is 13.0 Å². The average molecular weight is 291 g/mol. The molecule has 0 amide bonds. The van der Waals surface area contributed by atoms with Gasteiger partial charge >= 0.3 is 0 Å². The molecule has 1 unspecified atom stereocenters. The lowest BCUT2D eigenvalue weighted by Gasteiger charge is -2.08. The number of rotatable bonds is 5. The zero-order chi connectivity index (χ0) is 13.8. The Balaban J connectivity index is 1.55. The van der Waals surface area contributed by atoms with Gasteiger partial charge in [-0.2, -0.15) is 11.8 Å². The Morgan fingerprint density at radius 2 is 2.05 bits per heavy atom. The first-order chi connectivity index (χ1) is 9.81. The lowest BCUT2D eigenvalue weighted by molar-refractivity contribution is 0.463. The molecule has 2 aromatic rings. The third-order valence-corrected chi connectivity index (χ3v) is 4.78. The van der Waals surface area contributed by atoms with Crippen molar-refractivity contribution in [3.8, 4) is 11.3 Å². The molecule has 1 aromatic heterocycles. The summed E-state index contributed by atoms with van der Waals surface area (Å²) in [6.45, 7) is 1.81. The highest BCUT2D eigenvalue weighted by Crippen LogP contribution is 2.24. The highest BCUT2D eigenvalue weighted by molar-refractivity contribution is 7.99. The third-order valence-electron chi connectivity index (χ3n) is 3.55. The molecule has 0 radical (unpaired) electrons. The normalized spacial score (nSPS) is 18.6. The first-order valence-corrected chi connectivity index (χ1v) is 8.10. The summed E-state index contributed by atoms with van der Waals surface area (Å²) in [5.41, 5.74) is 0.907. The Morgan fingerprint density at radius 3 is 2.80 bits per heavy atom. The monoisotopic (exact) mass is 291 g/mol. The van der Waals surface area contributed by atoms with Crippen LogP contribution in [0.3, 0.4) is 0 Å². The van der Waals surface area contributed by atoms with E-state index in [1.54, 1.807) is 12.1 Å². The van der Waals surface area contributed by atoms with Gasteiger partial charge in [-0.15, -0.1) is 0 Å². The maximum absolute atomic E-state index is 12.9. The topological polar surface area (TPSA) is 25.2 Å². The molecule has 1 aliphatic rings. The van der Waals surface area contributed by atoms with E-state index in [1.165, 1.54) is 30.1 Å². The van der Waals surface area contributed by atoms with Gasteiger partial charge in [0, 0.05) is 5.56 Å². The minimum Gasteiger partial charge on any atom is -0.460 e. The molecule has 1 aromatic carbocycles. The molecule has 1 aliphatic heterocycles. The van der Waals surface area contributed by atoms with Crippen LogP contribution in [0.5, 0.6) is 0 Å². The number of nitrogens with one attached hydrogen (secondary N) is 1. The maximum atomic E-state index is 12.9. The number of furan rings is 1. The Bertz CT molecular complexity index is 546. The smallest absolute Gasteiger partial charge is 0.134 e. The van der Waals surface area contributed by atoms with Crippen LogP contribution in [0.1, 0.15) is 12.2 Å². The van der Waals surface area contributed by atoms with Crippen molar-refractivity contribution in [1.29, 1.82) is 0 Å². The molecule has 106 valence electrons. The number of thioether (sulfide) groups is 1. The van der Waals surface area contributed by atoms with Gasteiger partial charge in [-0.05, 0) is 66.8 Å². The van der Waals surface area contributed by atoms with Crippen molar-refractivity contribution in [3.05, 3.63) is 48.0 Å². The van der Waals surface area contributed by atoms with Crippen LogP contribution >= 0.6 is 11.8 Å². The SMILES string of the molecule is Fc1ccc(-c2ccc(CNCC3CCSC3)o2)cc1. The first-order valence-electron chi connectivity index (χ1n) is 6.94. The summed E-state index contributed by atoms with van der Waals surface area (Å²) in [5.74, 6) is 4.85. The molecule has 1 fully saturated rings. The van der Waals surface area contributed by atoms with Crippen molar-refractivity contribution in [1.82, 2.24) is 5.32 Å². The summed E-state index contributed by atoms with van der Waals surface area (Å²) in [7, 11) is 0. The molecule has 20 heavy (non-hydrogen) atoms. The van der Waals surface area contributed by atoms with E-state index in [0.29, 0.717) is 0 Å². The van der Waals surface area contributed by atoms with Crippen LogP contribution in [-0.2, 0) is 6.54 Å². The Labute approximate surface area is 122 Å². The molecule has 4 heteroatoms. The summed E-state index contributed by atoms with van der Waals surface area (Å²) in [5, 5.41) is 3.45. The second-order valence-corrected chi connectivity index (χ2v) is 6.28. The predicted molar refractivity (Wildman–Crippen MR) is 81.2 cm³/mol. The van der Waals surface area contributed by atoms with Gasteiger partial charge < -0.3 is 9.73 Å². The van der Waals surface area contributed by atoms with Gasteiger partial charge in [0.1, 0.15) is 17.3 Å². The fourth-order valence-electron chi connectivity index (χ4n) is 2.39. The first kappa shape index (κ1) is 13.7. The van der Waals surface area contributed by atoms with Gasteiger partial charge in [0.05, 0.1) is 6.54 Å². The van der Waals surface area contributed by atoms with Crippen LogP contribution in [0.15, 0.2) is 40.8 Å². The minimum absolute atomic E-state index is 0.225. The van der Waals surface area contributed by atoms with E-state index in [1.807, 2.05) is 23.9 Å². The quantitative estimate of drug-likeness (QED) is 0.903. The molecule has 0 bridgehead atoms. The standard InChI is InChI=1S/C16H18FNOS/c17-14-3-1-13(2-4-14)16-6-5-15(19-16)10-18-9-12-7-8-20-11-12/h1-6,12,18H,7-11H2. The number of halogens is 1. The van der Waals surface area contributed by atoms with Gasteiger partial charge in [-0.1, -0.05) is 0 Å². The third kappa shape index (κ3) is 3.44. The van der Waals surface area contributed by atoms with Crippen molar-refractivity contribution in [3.63, 3.8) is 0 Å². The maximum Gasteiger partial charge on any atom is 0.134 e. The minimum atomic E-state index is -0.225. The van der Waals surface area contributed by atoms with E-state index in [2.05, 4.69) is 5.32 Å². The zero-order valence-corrected chi connectivity index (χ0v) is 12.1. The van der Waals surface area contributed by atoms with E-state index in [-0.39, 0.29) is 5.82 Å². The highest BCUT2D eigenvalue weighted by atomic mass is 32.2. The Kier molecular flexibility index (Phi) is 4.43. The van der Waals surface area contributed by atoms with E-state index in [9.17, 15) is 4.39 Å². The molecule has 1 saturated heterocycles. The van der Waals surface area contributed by atoms with Crippen LogP contribution in [-0.4, -0.2) is 18.1 Å². The molecule has 2 heterocycles. The number of benzene rings is 1. The summed E-state index contributed by atoms with van der Waals surface area (Å²) in [4.78, 5) is 0. The number of hydrogen-bond donors (Lipinski definition) is 1. The van der Waals surface area contributed by atoms with Gasteiger partial charge in [0.25, 0.3) is 0 Å². The van der Waals surface area contributed by atoms with Crippen molar-refractivity contribution in [2.24, 2.45) is 5.92 Å². The number of hydrogen-bond acceptors (Lipinski definition) is 3. The summed E-state index contributed by atoms with van der Waals surface area (Å²) in [6, 6.07) is 10.3. The molecule has 1 N–H and O–H groups in total. The fraction of sp³-hybridized carbons (Fsp3) is 0.375. The second kappa shape index (κ2) is 6.46. The molecule has 3 rings (SSSR count). The summed E-state index contributed by atoms with van der Waals surface area (Å²) < 4.78 is 18.7. The van der Waals surface area contributed by atoms with Crippen LogP contribution in [0, 0.1) is 11.7 Å². The van der Waals surface area contributed by atoms with E-state index in [4.69, 9.17) is 4.42 Å². The van der Waals surface area contributed by atoms with Gasteiger partial charge in [-0.3, -0.25) is 0 Å².